The van der Waals surface area contributed by atoms with Crippen LogP contribution in [0, 0.1) is 11.3 Å². The van der Waals surface area contributed by atoms with E-state index in [9.17, 15) is 4.79 Å². The molecule has 0 radical (unpaired) electrons. The molecule has 1 amide bonds. The van der Waals surface area contributed by atoms with E-state index in [0.29, 0.717) is 5.91 Å². The van der Waals surface area contributed by atoms with Crippen LogP contribution >= 0.6 is 0 Å². The van der Waals surface area contributed by atoms with Crippen molar-refractivity contribution in [2.45, 2.75) is 33.1 Å². The van der Waals surface area contributed by atoms with Crippen LogP contribution in [-0.4, -0.2) is 37.0 Å². The number of nitrogens with one attached hydrogen (secondary N) is 1. The average molecular weight is 210 g/mol. The minimum Gasteiger partial charge on any atom is -0.342 e. The predicted octanol–water partition coefficient (Wildman–Crippen LogP) is 1.24. The first-order chi connectivity index (χ1) is 7.07. The van der Waals surface area contributed by atoms with Crippen molar-refractivity contribution >= 4 is 5.91 Å². The Balaban J connectivity index is 1.86. The van der Waals surface area contributed by atoms with E-state index in [1.54, 1.807) is 0 Å². The van der Waals surface area contributed by atoms with Crippen LogP contribution in [0.1, 0.15) is 33.1 Å². The molecule has 2 aliphatic heterocycles. The van der Waals surface area contributed by atoms with Gasteiger partial charge in [0.1, 0.15) is 0 Å². The third-order valence-corrected chi connectivity index (χ3v) is 3.54. The monoisotopic (exact) mass is 210 g/mol. The van der Waals surface area contributed by atoms with Gasteiger partial charge in [-0.2, -0.15) is 0 Å². The summed E-state index contributed by atoms with van der Waals surface area (Å²) in [4.78, 5) is 13.9. The van der Waals surface area contributed by atoms with Crippen molar-refractivity contribution in [3.05, 3.63) is 0 Å². The molecule has 3 heteroatoms. The van der Waals surface area contributed by atoms with E-state index in [-0.39, 0.29) is 5.41 Å². The van der Waals surface area contributed by atoms with E-state index in [1.807, 2.05) is 0 Å². The fraction of sp³-hybridized carbons (Fsp3) is 0.917. The molecule has 2 saturated heterocycles. The Bertz CT molecular complexity index is 244. The first kappa shape index (κ1) is 10.9. The highest BCUT2D eigenvalue weighted by atomic mass is 16.2. The number of likely N-dealkylation sites (tertiary alicyclic amines) is 1. The van der Waals surface area contributed by atoms with E-state index < -0.39 is 0 Å². The smallest absolute Gasteiger partial charge is 0.223 e. The lowest BCUT2D eigenvalue weighted by Crippen LogP contribution is -2.37. The molecule has 2 fully saturated rings. The Morgan fingerprint density at radius 2 is 2.07 bits per heavy atom. The number of hydrogen-bond donors (Lipinski definition) is 1. The summed E-state index contributed by atoms with van der Waals surface area (Å²) in [6.07, 6.45) is 3.19. The predicted molar refractivity (Wildman–Crippen MR) is 60.6 cm³/mol. The molecule has 0 atom stereocenters. The van der Waals surface area contributed by atoms with Crippen molar-refractivity contribution in [1.29, 1.82) is 0 Å². The zero-order chi connectivity index (χ0) is 10.9. The van der Waals surface area contributed by atoms with Gasteiger partial charge >= 0.3 is 0 Å². The second kappa shape index (κ2) is 4.12. The summed E-state index contributed by atoms with van der Waals surface area (Å²) in [7, 11) is 0. The molecule has 0 aromatic heterocycles. The van der Waals surface area contributed by atoms with Crippen molar-refractivity contribution in [3.8, 4) is 0 Å². The van der Waals surface area contributed by atoms with Crippen LogP contribution < -0.4 is 5.32 Å². The van der Waals surface area contributed by atoms with Crippen LogP contribution in [0.25, 0.3) is 0 Å². The largest absolute Gasteiger partial charge is 0.342 e. The van der Waals surface area contributed by atoms with Crippen LogP contribution in [0.15, 0.2) is 0 Å². The number of piperidine rings is 1. The van der Waals surface area contributed by atoms with Gasteiger partial charge in [-0.15, -0.1) is 0 Å². The standard InChI is InChI=1S/C12H22N2O/c1-12(2)7-11(15)14(9-12)8-10-3-5-13-6-4-10/h10,13H,3-9H2,1-2H3. The average Bonchev–Trinajstić information content (AvgIpc) is 2.41. The molecule has 2 heterocycles. The van der Waals surface area contributed by atoms with Crippen LogP contribution in [-0.2, 0) is 4.79 Å². The van der Waals surface area contributed by atoms with Crippen LogP contribution in [0.3, 0.4) is 0 Å². The molecule has 0 bridgehead atoms. The lowest BCUT2D eigenvalue weighted by Gasteiger charge is -2.28. The fourth-order valence-electron chi connectivity index (χ4n) is 2.72. The number of rotatable bonds is 2. The lowest BCUT2D eigenvalue weighted by atomic mass is 9.93. The highest BCUT2D eigenvalue weighted by Crippen LogP contribution is 2.31. The Kier molecular flexibility index (Phi) is 3.01. The van der Waals surface area contributed by atoms with Crippen molar-refractivity contribution in [1.82, 2.24) is 10.2 Å². The van der Waals surface area contributed by atoms with Gasteiger partial charge in [0.25, 0.3) is 0 Å². The first-order valence-electron chi connectivity index (χ1n) is 6.05. The SMILES string of the molecule is CC1(C)CC(=O)N(CC2CCNCC2)C1. The second-order valence-corrected chi connectivity index (χ2v) is 5.81. The van der Waals surface area contributed by atoms with Crippen molar-refractivity contribution in [3.63, 3.8) is 0 Å². The molecule has 2 rings (SSSR count). The molecule has 1 N–H and O–H groups in total. The van der Waals surface area contributed by atoms with Gasteiger partial charge in [-0.1, -0.05) is 13.8 Å². The molecule has 0 aromatic carbocycles. The summed E-state index contributed by atoms with van der Waals surface area (Å²) in [5.41, 5.74) is 0.198. The van der Waals surface area contributed by atoms with E-state index >= 15 is 0 Å². The zero-order valence-electron chi connectivity index (χ0n) is 9.88. The summed E-state index contributed by atoms with van der Waals surface area (Å²) in [5, 5.41) is 3.36. The summed E-state index contributed by atoms with van der Waals surface area (Å²) < 4.78 is 0. The van der Waals surface area contributed by atoms with Gasteiger partial charge in [0.05, 0.1) is 0 Å². The molecule has 0 spiro atoms. The maximum Gasteiger partial charge on any atom is 0.223 e. The Labute approximate surface area is 92.2 Å². The van der Waals surface area contributed by atoms with Gasteiger partial charge in [-0.3, -0.25) is 4.79 Å². The van der Waals surface area contributed by atoms with Crippen LogP contribution in [0.5, 0.6) is 0 Å². The molecule has 15 heavy (non-hydrogen) atoms. The normalized spacial score (nSPS) is 27.3. The summed E-state index contributed by atoms with van der Waals surface area (Å²) in [6.45, 7) is 8.56. The van der Waals surface area contributed by atoms with Crippen LogP contribution in [0.4, 0.5) is 0 Å². The molecular weight excluding hydrogens is 188 g/mol. The number of amides is 1. The van der Waals surface area contributed by atoms with Crippen molar-refractivity contribution < 1.29 is 4.79 Å². The molecular formula is C12H22N2O. The maximum atomic E-state index is 11.8. The topological polar surface area (TPSA) is 32.3 Å². The highest BCUT2D eigenvalue weighted by molar-refractivity contribution is 5.79. The molecule has 3 nitrogen and oxygen atoms in total. The minimum atomic E-state index is 0.198. The number of carbonyl (C=O) groups is 1. The Morgan fingerprint density at radius 3 is 2.60 bits per heavy atom. The van der Waals surface area contributed by atoms with E-state index in [0.717, 1.165) is 38.5 Å². The van der Waals surface area contributed by atoms with Gasteiger partial charge in [-0.25, -0.2) is 0 Å². The van der Waals surface area contributed by atoms with E-state index in [4.69, 9.17) is 0 Å². The van der Waals surface area contributed by atoms with Gasteiger partial charge in [0.2, 0.25) is 5.91 Å². The van der Waals surface area contributed by atoms with Crippen LogP contribution in [0.2, 0.25) is 0 Å². The summed E-state index contributed by atoms with van der Waals surface area (Å²) >= 11 is 0. The van der Waals surface area contributed by atoms with Gasteiger partial charge < -0.3 is 10.2 Å². The maximum absolute atomic E-state index is 11.8. The van der Waals surface area contributed by atoms with Gasteiger partial charge in [0, 0.05) is 19.5 Å². The minimum absolute atomic E-state index is 0.198. The Morgan fingerprint density at radius 1 is 1.40 bits per heavy atom. The van der Waals surface area contributed by atoms with E-state index in [1.165, 1.54) is 12.8 Å². The zero-order valence-corrected chi connectivity index (χ0v) is 9.88. The van der Waals surface area contributed by atoms with Crippen molar-refractivity contribution in [2.24, 2.45) is 11.3 Å². The van der Waals surface area contributed by atoms with Gasteiger partial charge in [0.15, 0.2) is 0 Å². The molecule has 0 aliphatic carbocycles. The number of nitrogens with zero attached hydrogens (tertiary/aromatic N) is 1. The second-order valence-electron chi connectivity index (χ2n) is 5.81. The lowest BCUT2D eigenvalue weighted by molar-refractivity contribution is -0.128. The molecule has 0 aromatic rings. The van der Waals surface area contributed by atoms with Gasteiger partial charge in [-0.05, 0) is 37.3 Å². The summed E-state index contributed by atoms with van der Waals surface area (Å²) in [5.74, 6) is 1.09. The van der Waals surface area contributed by atoms with Crippen molar-refractivity contribution in [2.75, 3.05) is 26.2 Å². The number of hydrogen-bond acceptors (Lipinski definition) is 2. The highest BCUT2D eigenvalue weighted by Gasteiger charge is 2.36. The Hall–Kier alpha value is -0.570. The third kappa shape index (κ3) is 2.71. The quantitative estimate of drug-likeness (QED) is 0.744. The third-order valence-electron chi connectivity index (χ3n) is 3.54. The molecule has 86 valence electrons. The van der Waals surface area contributed by atoms with E-state index in [2.05, 4.69) is 24.1 Å². The molecule has 2 aliphatic rings. The molecule has 0 saturated carbocycles. The summed E-state index contributed by atoms with van der Waals surface area (Å²) in [6, 6.07) is 0. The molecule has 0 unspecified atom stereocenters. The fourth-order valence-corrected chi connectivity index (χ4v) is 2.72. The number of carbonyl (C=O) groups excluding carboxylic acids is 1. The first-order valence-corrected chi connectivity index (χ1v) is 6.05.